The maximum absolute atomic E-state index is 11.3. The molecule has 1 aliphatic heterocycles. The summed E-state index contributed by atoms with van der Waals surface area (Å²) in [6.45, 7) is 13.5. The van der Waals surface area contributed by atoms with E-state index in [4.69, 9.17) is 5.73 Å². The normalized spacial score (nSPS) is 27.0. The number of rotatable bonds is 7. The lowest BCUT2D eigenvalue weighted by molar-refractivity contribution is -0.118. The Balaban J connectivity index is 2.38. The van der Waals surface area contributed by atoms with Crippen LogP contribution in [0.15, 0.2) is 18.2 Å². The fourth-order valence-electron chi connectivity index (χ4n) is 4.87. The van der Waals surface area contributed by atoms with Crippen LogP contribution in [0.1, 0.15) is 64.5 Å². The Kier molecular flexibility index (Phi) is 6.73. The van der Waals surface area contributed by atoms with Crippen molar-refractivity contribution in [1.29, 1.82) is 0 Å². The average Bonchev–Trinajstić information content (AvgIpc) is 2.56. The molecule has 146 valence electrons. The predicted octanol–water partition coefficient (Wildman–Crippen LogP) is 3.98. The Morgan fingerprint density at radius 3 is 2.69 bits per heavy atom. The summed E-state index contributed by atoms with van der Waals surface area (Å²) in [6.07, 6.45) is 3.21. The molecule has 3 atom stereocenters. The van der Waals surface area contributed by atoms with Crippen molar-refractivity contribution in [2.45, 2.75) is 71.8 Å². The number of nitrogens with two attached hydrogens (primary N) is 1. The van der Waals surface area contributed by atoms with Gasteiger partial charge in [0, 0.05) is 24.4 Å². The number of phenolic OH excluding ortho intramolecular Hbond substituents is 1. The van der Waals surface area contributed by atoms with E-state index in [0.717, 1.165) is 32.4 Å². The summed E-state index contributed by atoms with van der Waals surface area (Å²) < 4.78 is 0. The number of likely N-dealkylation sites (tertiary alicyclic amines) is 1. The van der Waals surface area contributed by atoms with Crippen molar-refractivity contribution < 1.29 is 9.90 Å². The molecular weight excluding hydrogens is 324 g/mol. The van der Waals surface area contributed by atoms with Gasteiger partial charge in [-0.25, -0.2) is 0 Å². The van der Waals surface area contributed by atoms with Gasteiger partial charge in [0.05, 0.1) is 0 Å². The number of primary amides is 1. The van der Waals surface area contributed by atoms with Crippen LogP contribution in [0.25, 0.3) is 0 Å². The van der Waals surface area contributed by atoms with Crippen LogP contribution in [0.4, 0.5) is 0 Å². The van der Waals surface area contributed by atoms with E-state index in [1.807, 2.05) is 12.1 Å². The minimum Gasteiger partial charge on any atom is -0.508 e. The lowest BCUT2D eigenvalue weighted by Crippen LogP contribution is -2.55. The number of piperidine rings is 1. The SMILES string of the molecule is Cc1ccc(O)cc1[C@]1(CCCC(N)=O)CCN(CC(C)C)C(C)[C@@H]1C. The first-order valence-corrected chi connectivity index (χ1v) is 10.00. The zero-order valence-corrected chi connectivity index (χ0v) is 17.1. The molecule has 26 heavy (non-hydrogen) atoms. The number of carbonyl (C=O) groups is 1. The van der Waals surface area contributed by atoms with Crippen LogP contribution < -0.4 is 5.73 Å². The number of aromatic hydroxyl groups is 1. The van der Waals surface area contributed by atoms with Crippen LogP contribution in [0.2, 0.25) is 0 Å². The number of hydrogen-bond acceptors (Lipinski definition) is 3. The molecule has 1 heterocycles. The van der Waals surface area contributed by atoms with E-state index < -0.39 is 0 Å². The van der Waals surface area contributed by atoms with E-state index in [1.54, 1.807) is 6.07 Å². The van der Waals surface area contributed by atoms with Gasteiger partial charge in [-0.15, -0.1) is 0 Å². The van der Waals surface area contributed by atoms with Crippen LogP contribution in [0, 0.1) is 18.8 Å². The lowest BCUT2D eigenvalue weighted by Gasteiger charge is -2.52. The van der Waals surface area contributed by atoms with E-state index in [-0.39, 0.29) is 11.3 Å². The molecule has 3 N–H and O–H groups in total. The van der Waals surface area contributed by atoms with Crippen molar-refractivity contribution in [1.82, 2.24) is 4.90 Å². The number of aryl methyl sites for hydroxylation is 1. The first kappa shape index (κ1) is 20.8. The third-order valence-electron chi connectivity index (χ3n) is 6.42. The lowest BCUT2D eigenvalue weighted by atomic mass is 9.60. The molecule has 1 fully saturated rings. The van der Waals surface area contributed by atoms with Gasteiger partial charge >= 0.3 is 0 Å². The van der Waals surface area contributed by atoms with Gasteiger partial charge in [0.1, 0.15) is 5.75 Å². The average molecular weight is 361 g/mol. The number of nitrogens with zero attached hydrogens (tertiary/aromatic N) is 1. The molecule has 0 aromatic heterocycles. The number of amides is 1. The first-order valence-electron chi connectivity index (χ1n) is 10.00. The maximum atomic E-state index is 11.3. The molecule has 4 heteroatoms. The summed E-state index contributed by atoms with van der Waals surface area (Å²) >= 11 is 0. The van der Waals surface area contributed by atoms with Gasteiger partial charge in [0.2, 0.25) is 5.91 Å². The van der Waals surface area contributed by atoms with Gasteiger partial charge in [0.15, 0.2) is 0 Å². The van der Waals surface area contributed by atoms with Crippen LogP contribution >= 0.6 is 0 Å². The summed E-state index contributed by atoms with van der Waals surface area (Å²) in [5.41, 5.74) is 7.83. The molecule has 0 aliphatic carbocycles. The van der Waals surface area contributed by atoms with Crippen molar-refractivity contribution in [2.24, 2.45) is 17.6 Å². The highest BCUT2D eigenvalue weighted by Gasteiger charge is 2.45. The number of benzene rings is 1. The quantitative estimate of drug-likeness (QED) is 0.773. The van der Waals surface area contributed by atoms with E-state index in [2.05, 4.69) is 39.5 Å². The summed E-state index contributed by atoms with van der Waals surface area (Å²) in [7, 11) is 0. The summed E-state index contributed by atoms with van der Waals surface area (Å²) in [4.78, 5) is 13.9. The zero-order valence-electron chi connectivity index (χ0n) is 17.1. The molecule has 2 rings (SSSR count). The second kappa shape index (κ2) is 8.43. The van der Waals surface area contributed by atoms with Gasteiger partial charge in [-0.2, -0.15) is 0 Å². The van der Waals surface area contributed by atoms with E-state index in [9.17, 15) is 9.90 Å². The van der Waals surface area contributed by atoms with E-state index in [1.165, 1.54) is 11.1 Å². The molecule has 0 bridgehead atoms. The molecule has 0 spiro atoms. The van der Waals surface area contributed by atoms with Gasteiger partial charge in [0.25, 0.3) is 0 Å². The Labute approximate surface area is 158 Å². The fraction of sp³-hybridized carbons (Fsp3) is 0.682. The first-order chi connectivity index (χ1) is 12.2. The Bertz CT molecular complexity index is 629. The Hall–Kier alpha value is -1.55. The van der Waals surface area contributed by atoms with Crippen LogP contribution in [0.3, 0.4) is 0 Å². The van der Waals surface area contributed by atoms with E-state index >= 15 is 0 Å². The summed E-state index contributed by atoms with van der Waals surface area (Å²) in [5.74, 6) is 1.17. The smallest absolute Gasteiger partial charge is 0.217 e. The van der Waals surface area contributed by atoms with Gasteiger partial charge in [-0.05, 0) is 74.8 Å². The maximum Gasteiger partial charge on any atom is 0.217 e. The highest BCUT2D eigenvalue weighted by Crippen LogP contribution is 2.48. The largest absolute Gasteiger partial charge is 0.508 e. The zero-order chi connectivity index (χ0) is 19.5. The fourth-order valence-corrected chi connectivity index (χ4v) is 4.87. The molecule has 1 aliphatic rings. The van der Waals surface area contributed by atoms with Crippen LogP contribution in [-0.2, 0) is 10.2 Å². The molecule has 1 saturated heterocycles. The third-order valence-corrected chi connectivity index (χ3v) is 6.42. The van der Waals surface area contributed by atoms with Gasteiger partial charge < -0.3 is 15.7 Å². The van der Waals surface area contributed by atoms with Crippen molar-refractivity contribution >= 4 is 5.91 Å². The molecule has 1 aromatic carbocycles. The van der Waals surface area contributed by atoms with Crippen molar-refractivity contribution in [2.75, 3.05) is 13.1 Å². The second-order valence-corrected chi connectivity index (χ2v) is 8.64. The van der Waals surface area contributed by atoms with Gasteiger partial charge in [-0.1, -0.05) is 26.8 Å². The molecule has 1 amide bonds. The highest BCUT2D eigenvalue weighted by molar-refractivity contribution is 5.73. The van der Waals surface area contributed by atoms with Crippen molar-refractivity contribution in [3.63, 3.8) is 0 Å². The number of hydrogen-bond donors (Lipinski definition) is 2. The van der Waals surface area contributed by atoms with Crippen LogP contribution in [-0.4, -0.2) is 35.0 Å². The molecule has 0 radical (unpaired) electrons. The Morgan fingerprint density at radius 2 is 2.08 bits per heavy atom. The molecular formula is C22H36N2O2. The standard InChI is InChI=1S/C22H36N2O2/c1-15(2)14-24-12-11-22(17(4)18(24)5,10-6-7-21(23)26)20-13-19(25)9-8-16(20)3/h8-9,13,15,17-18,25H,6-7,10-12,14H2,1-5H3,(H2,23,26)/t17-,18?,22+/m0/s1. The predicted molar refractivity (Wildman–Crippen MR) is 107 cm³/mol. The molecule has 1 unspecified atom stereocenters. The number of phenols is 1. The minimum atomic E-state index is -0.231. The van der Waals surface area contributed by atoms with Crippen molar-refractivity contribution in [3.8, 4) is 5.75 Å². The summed E-state index contributed by atoms with van der Waals surface area (Å²) in [6, 6.07) is 6.18. The molecule has 4 nitrogen and oxygen atoms in total. The Morgan fingerprint density at radius 1 is 1.38 bits per heavy atom. The summed E-state index contributed by atoms with van der Waals surface area (Å²) in [5, 5.41) is 10.1. The monoisotopic (exact) mass is 360 g/mol. The highest BCUT2D eigenvalue weighted by atomic mass is 16.3. The third kappa shape index (κ3) is 4.40. The molecule has 0 saturated carbocycles. The molecule has 1 aromatic rings. The van der Waals surface area contributed by atoms with Crippen molar-refractivity contribution in [3.05, 3.63) is 29.3 Å². The van der Waals surface area contributed by atoms with Gasteiger partial charge in [-0.3, -0.25) is 4.79 Å². The topological polar surface area (TPSA) is 66.6 Å². The second-order valence-electron chi connectivity index (χ2n) is 8.64. The number of carbonyl (C=O) groups excluding carboxylic acids is 1. The van der Waals surface area contributed by atoms with Crippen LogP contribution in [0.5, 0.6) is 5.75 Å². The minimum absolute atomic E-state index is 0.0226. The van der Waals surface area contributed by atoms with E-state index in [0.29, 0.717) is 30.0 Å².